The molecule has 1 amide bonds. The number of ether oxygens (including phenoxy) is 2. The molecule has 0 bridgehead atoms. The summed E-state index contributed by atoms with van der Waals surface area (Å²) in [5.74, 6) is -0.530. The molecule has 0 radical (unpaired) electrons. The molecule has 1 N–H and O–H groups in total. The van der Waals surface area contributed by atoms with Gasteiger partial charge in [-0.05, 0) is 17.7 Å². The van der Waals surface area contributed by atoms with E-state index in [1.807, 2.05) is 0 Å². The van der Waals surface area contributed by atoms with Crippen molar-refractivity contribution in [3.8, 4) is 5.88 Å². The zero-order valence-corrected chi connectivity index (χ0v) is 14.0. The highest BCUT2D eigenvalue weighted by Crippen LogP contribution is 2.15. The monoisotopic (exact) mass is 348 g/mol. The molecule has 0 unspecified atom stereocenters. The normalized spacial score (nSPS) is 11.5. The molecule has 1 aromatic heterocycles. The van der Waals surface area contributed by atoms with E-state index < -0.39 is 17.9 Å². The fourth-order valence-electron chi connectivity index (χ4n) is 2.11. The molecule has 24 heavy (non-hydrogen) atoms. The third-order valence-electron chi connectivity index (χ3n) is 3.36. The van der Waals surface area contributed by atoms with Crippen LogP contribution in [0.25, 0.3) is 0 Å². The Morgan fingerprint density at radius 3 is 2.54 bits per heavy atom. The van der Waals surface area contributed by atoms with Gasteiger partial charge in [-0.2, -0.15) is 0 Å². The molecule has 0 saturated carbocycles. The SMILES string of the molecule is COC(=O)[C@@H](Cc1ccc(OC)nc1)NC(=O)c1ccccc1Cl. The van der Waals surface area contributed by atoms with Crippen LogP contribution >= 0.6 is 11.6 Å². The molecule has 2 rings (SSSR count). The van der Waals surface area contributed by atoms with Gasteiger partial charge in [0.1, 0.15) is 6.04 Å². The van der Waals surface area contributed by atoms with E-state index in [9.17, 15) is 9.59 Å². The lowest BCUT2D eigenvalue weighted by atomic mass is 10.1. The van der Waals surface area contributed by atoms with Gasteiger partial charge in [-0.15, -0.1) is 0 Å². The van der Waals surface area contributed by atoms with Crippen molar-refractivity contribution >= 4 is 23.5 Å². The third kappa shape index (κ3) is 4.45. The van der Waals surface area contributed by atoms with Gasteiger partial charge < -0.3 is 14.8 Å². The van der Waals surface area contributed by atoms with Crippen LogP contribution in [0, 0.1) is 0 Å². The second-order valence-electron chi connectivity index (χ2n) is 4.94. The number of halogens is 1. The van der Waals surface area contributed by atoms with Crippen molar-refractivity contribution in [3.05, 3.63) is 58.7 Å². The number of carbonyl (C=O) groups excluding carboxylic acids is 2. The molecule has 7 heteroatoms. The molecule has 2 aromatic rings. The molecular formula is C17H17ClN2O4. The van der Waals surface area contributed by atoms with E-state index in [4.69, 9.17) is 21.1 Å². The molecule has 0 aliphatic rings. The second-order valence-corrected chi connectivity index (χ2v) is 5.35. The van der Waals surface area contributed by atoms with Crippen LogP contribution in [-0.4, -0.2) is 37.1 Å². The third-order valence-corrected chi connectivity index (χ3v) is 3.69. The summed E-state index contributed by atoms with van der Waals surface area (Å²) in [6.07, 6.45) is 1.82. The van der Waals surface area contributed by atoms with E-state index in [1.54, 1.807) is 42.6 Å². The Kier molecular flexibility index (Phi) is 6.14. The molecule has 6 nitrogen and oxygen atoms in total. The Balaban J connectivity index is 2.14. The van der Waals surface area contributed by atoms with Crippen LogP contribution in [0.1, 0.15) is 15.9 Å². The first kappa shape index (κ1) is 17.7. The predicted molar refractivity (Wildman–Crippen MR) is 89.2 cm³/mol. The number of pyridine rings is 1. The second kappa shape index (κ2) is 8.31. The van der Waals surface area contributed by atoms with Gasteiger partial charge in [-0.3, -0.25) is 4.79 Å². The average Bonchev–Trinajstić information content (AvgIpc) is 2.61. The van der Waals surface area contributed by atoms with E-state index in [2.05, 4.69) is 10.3 Å². The summed E-state index contributed by atoms with van der Waals surface area (Å²) in [5.41, 5.74) is 1.05. The van der Waals surface area contributed by atoms with Crippen molar-refractivity contribution in [3.63, 3.8) is 0 Å². The molecule has 0 spiro atoms. The number of aromatic nitrogens is 1. The Morgan fingerprint density at radius 2 is 1.96 bits per heavy atom. The zero-order valence-electron chi connectivity index (χ0n) is 13.3. The van der Waals surface area contributed by atoms with Crippen LogP contribution in [-0.2, 0) is 16.0 Å². The standard InChI is InChI=1S/C17H17ClN2O4/c1-23-15-8-7-11(10-19-15)9-14(17(22)24-2)20-16(21)12-5-3-4-6-13(12)18/h3-8,10,14H,9H2,1-2H3,(H,20,21)/t14-/m1/s1. The Hall–Kier alpha value is -2.60. The lowest BCUT2D eigenvalue weighted by molar-refractivity contribution is -0.142. The van der Waals surface area contributed by atoms with Gasteiger partial charge in [-0.25, -0.2) is 9.78 Å². The molecule has 0 aliphatic heterocycles. The van der Waals surface area contributed by atoms with E-state index in [0.717, 1.165) is 5.56 Å². The molecule has 0 fully saturated rings. The van der Waals surface area contributed by atoms with Crippen molar-refractivity contribution in [2.24, 2.45) is 0 Å². The van der Waals surface area contributed by atoms with E-state index in [0.29, 0.717) is 16.5 Å². The topological polar surface area (TPSA) is 77.5 Å². The van der Waals surface area contributed by atoms with Crippen LogP contribution in [0.3, 0.4) is 0 Å². The minimum absolute atomic E-state index is 0.236. The molecule has 1 atom stereocenters. The van der Waals surface area contributed by atoms with E-state index in [1.165, 1.54) is 14.2 Å². The van der Waals surface area contributed by atoms with Crippen molar-refractivity contribution < 1.29 is 19.1 Å². The average molecular weight is 349 g/mol. The summed E-state index contributed by atoms with van der Waals surface area (Å²) in [6, 6.07) is 9.20. The first-order valence-corrected chi connectivity index (χ1v) is 7.55. The number of benzene rings is 1. The Labute approximate surface area is 144 Å². The van der Waals surface area contributed by atoms with Gasteiger partial charge in [0, 0.05) is 18.7 Å². The summed E-state index contributed by atoms with van der Waals surface area (Å²) in [5, 5.41) is 2.95. The molecule has 1 aromatic carbocycles. The van der Waals surface area contributed by atoms with E-state index >= 15 is 0 Å². The number of methoxy groups -OCH3 is 2. The quantitative estimate of drug-likeness (QED) is 0.810. The van der Waals surface area contributed by atoms with Gasteiger partial charge >= 0.3 is 5.97 Å². The van der Waals surface area contributed by atoms with Crippen LogP contribution in [0.5, 0.6) is 5.88 Å². The maximum Gasteiger partial charge on any atom is 0.328 e. The minimum atomic E-state index is -0.853. The Bertz CT molecular complexity index is 719. The van der Waals surface area contributed by atoms with Crippen LogP contribution in [0.2, 0.25) is 5.02 Å². The maximum absolute atomic E-state index is 12.3. The number of hydrogen-bond donors (Lipinski definition) is 1. The lowest BCUT2D eigenvalue weighted by Crippen LogP contribution is -2.43. The number of nitrogens with one attached hydrogen (secondary N) is 1. The van der Waals surface area contributed by atoms with Gasteiger partial charge in [0.2, 0.25) is 5.88 Å². The fraction of sp³-hybridized carbons (Fsp3) is 0.235. The van der Waals surface area contributed by atoms with Gasteiger partial charge in [-0.1, -0.05) is 29.8 Å². The number of nitrogens with zero attached hydrogens (tertiary/aromatic N) is 1. The Morgan fingerprint density at radius 1 is 1.21 bits per heavy atom. The maximum atomic E-state index is 12.3. The van der Waals surface area contributed by atoms with Crippen molar-refractivity contribution in [2.75, 3.05) is 14.2 Å². The van der Waals surface area contributed by atoms with Crippen molar-refractivity contribution in [1.29, 1.82) is 0 Å². The summed E-state index contributed by atoms with van der Waals surface area (Å²) < 4.78 is 9.76. The molecule has 1 heterocycles. The number of esters is 1. The zero-order chi connectivity index (χ0) is 17.5. The molecule has 126 valence electrons. The lowest BCUT2D eigenvalue weighted by Gasteiger charge is -2.17. The minimum Gasteiger partial charge on any atom is -0.481 e. The smallest absolute Gasteiger partial charge is 0.328 e. The van der Waals surface area contributed by atoms with Crippen molar-refractivity contribution in [1.82, 2.24) is 10.3 Å². The van der Waals surface area contributed by atoms with Crippen LogP contribution in [0.15, 0.2) is 42.6 Å². The fourth-order valence-corrected chi connectivity index (χ4v) is 2.33. The van der Waals surface area contributed by atoms with Crippen LogP contribution < -0.4 is 10.1 Å². The number of hydrogen-bond acceptors (Lipinski definition) is 5. The molecule has 0 aliphatic carbocycles. The highest BCUT2D eigenvalue weighted by Gasteiger charge is 2.23. The molecular weight excluding hydrogens is 332 g/mol. The van der Waals surface area contributed by atoms with E-state index in [-0.39, 0.29) is 6.42 Å². The largest absolute Gasteiger partial charge is 0.481 e. The first-order chi connectivity index (χ1) is 11.5. The van der Waals surface area contributed by atoms with Gasteiger partial charge in [0.05, 0.1) is 24.8 Å². The van der Waals surface area contributed by atoms with Gasteiger partial charge in [0.15, 0.2) is 0 Å². The first-order valence-electron chi connectivity index (χ1n) is 7.17. The number of carbonyl (C=O) groups is 2. The highest BCUT2D eigenvalue weighted by atomic mass is 35.5. The summed E-state index contributed by atoms with van der Waals surface area (Å²) in [6.45, 7) is 0. The number of amides is 1. The summed E-state index contributed by atoms with van der Waals surface area (Å²) in [4.78, 5) is 28.4. The summed E-state index contributed by atoms with van der Waals surface area (Å²) >= 11 is 6.01. The number of rotatable bonds is 6. The highest BCUT2D eigenvalue weighted by molar-refractivity contribution is 6.33. The predicted octanol–water partition coefficient (Wildman–Crippen LogP) is 2.26. The summed E-state index contributed by atoms with van der Waals surface area (Å²) in [7, 11) is 2.78. The van der Waals surface area contributed by atoms with Crippen LogP contribution in [0.4, 0.5) is 0 Å². The van der Waals surface area contributed by atoms with Crippen molar-refractivity contribution in [2.45, 2.75) is 12.5 Å². The molecule has 0 saturated heterocycles. The van der Waals surface area contributed by atoms with Gasteiger partial charge in [0.25, 0.3) is 5.91 Å².